The lowest BCUT2D eigenvalue weighted by Crippen LogP contribution is -2.40. The first-order valence-electron chi connectivity index (χ1n) is 39.1. The number of carboxylic acids is 1. The minimum atomic E-state index is -1.58. The third kappa shape index (κ3) is 34.1. The predicted octanol–water partition coefficient (Wildman–Crippen LogP) is 11.1. The Bertz CT molecular complexity index is 5870. The summed E-state index contributed by atoms with van der Waals surface area (Å²) in [5.41, 5.74) is 8.42. The molecule has 0 saturated heterocycles. The second-order valence-corrected chi connectivity index (χ2v) is 27.5. The number of hydrogen-bond acceptors (Lipinski definition) is 35. The number of hydrogen-bond donors (Lipinski definition) is 6. The summed E-state index contributed by atoms with van der Waals surface area (Å²) in [6.07, 6.45) is 17.0. The molecular weight excluding hydrogens is 1680 g/mol. The number of aliphatic hydroxyl groups excluding tert-OH is 1. The van der Waals surface area contributed by atoms with E-state index in [2.05, 4.69) is 89.0 Å². The minimum absolute atomic E-state index is 0.00197. The summed E-state index contributed by atoms with van der Waals surface area (Å²) in [5.74, 6) is 1.27. The topological polar surface area (TPSA) is 514 Å². The van der Waals surface area contributed by atoms with E-state index in [9.17, 15) is 38.7 Å². The van der Waals surface area contributed by atoms with Crippen LogP contribution < -0.4 is 19.9 Å². The molecule has 0 atom stereocenters. The number of aryl methyl sites for hydroxylation is 1. The predicted molar refractivity (Wildman–Crippen MR) is 476 cm³/mol. The second-order valence-electron chi connectivity index (χ2n) is 27.5. The molecule has 13 rings (SSSR count). The van der Waals surface area contributed by atoms with Crippen LogP contribution in [0.1, 0.15) is 92.0 Å². The number of rotatable bonds is 26. The molecule has 13 aromatic rings. The van der Waals surface area contributed by atoms with E-state index in [4.69, 9.17) is 49.3 Å². The average molecular weight is 1770 g/mol. The number of amides is 1. The molecule has 0 fully saturated rings. The van der Waals surface area contributed by atoms with Crippen molar-refractivity contribution in [3.05, 3.63) is 282 Å². The van der Waals surface area contributed by atoms with Gasteiger partial charge in [-0.3, -0.25) is 5.41 Å². The van der Waals surface area contributed by atoms with E-state index in [0.29, 0.717) is 105 Å². The third-order valence-electron chi connectivity index (χ3n) is 16.9. The number of carbonyl (C=O) groups is 7. The van der Waals surface area contributed by atoms with Crippen LogP contribution in [0.3, 0.4) is 0 Å². The van der Waals surface area contributed by atoms with Crippen LogP contribution in [0.4, 0.5) is 10.5 Å². The summed E-state index contributed by atoms with van der Waals surface area (Å²) in [6, 6.07) is 47.4. The number of esters is 5. The molecule has 6 aromatic heterocycles. The van der Waals surface area contributed by atoms with Crippen molar-refractivity contribution in [2.75, 3.05) is 104 Å². The normalized spacial score (nSPS) is 10.3. The van der Waals surface area contributed by atoms with Crippen molar-refractivity contribution in [1.29, 1.82) is 5.41 Å². The number of methoxy groups -OCH3 is 5. The van der Waals surface area contributed by atoms with Gasteiger partial charge in [0.2, 0.25) is 11.7 Å². The number of aromatic hydroxyl groups is 2. The highest BCUT2D eigenvalue weighted by atomic mass is 16.5. The van der Waals surface area contributed by atoms with Gasteiger partial charge in [0.15, 0.2) is 52.1 Å². The summed E-state index contributed by atoms with van der Waals surface area (Å²) in [7, 11) is 18.5. The van der Waals surface area contributed by atoms with Crippen LogP contribution in [0.5, 0.6) is 23.0 Å². The molecule has 0 spiro atoms. The van der Waals surface area contributed by atoms with Gasteiger partial charge in [-0.25, -0.2) is 83.6 Å². The number of aliphatic hydroxyl groups is 1. The third-order valence-corrected chi connectivity index (χ3v) is 16.9. The highest BCUT2D eigenvalue weighted by molar-refractivity contribution is 6.05. The van der Waals surface area contributed by atoms with Gasteiger partial charge in [-0.1, -0.05) is 96.2 Å². The lowest BCUT2D eigenvalue weighted by Gasteiger charge is -2.10. The number of carbonyl (C=O) groups excluding carboxylic acids is 6. The van der Waals surface area contributed by atoms with Gasteiger partial charge in [-0.05, 0) is 125 Å². The zero-order valence-corrected chi connectivity index (χ0v) is 72.9. The van der Waals surface area contributed by atoms with Gasteiger partial charge < -0.3 is 88.0 Å². The standard InChI is InChI=1S/C17H21N3O3.C16H21N3O2.C15H16N4O2.C12H10N2O3.C11H10N2O3.C11H8N2O3.C10H10N2O4/c1-20(2)8-5-9-23-15-11-18-16(19-12-15)13-6-4-7-14(10-13)17(21)22-3;1-19(2)7-4-8-21-15-10-17-16(18-11-15)14-6-3-5-13(9-14)12-20;1-19(2)10-18-13-8-16-14(17-9-13)11-5-4-6-12(7-11)15(20)21-3;1-17-12(16)9-4-2-3-8(5-9)11-13-6-10(15)7-14-11;1-7-12-10(13-16-7)8-4-3-5-9(6-8)11(14)15-2;14-9-5-12-10(13-6-9)7-2-1-3-8(4-7)11(15)16;1-16-9(13)7-4-2-3-6(5-7)8(11)12-10(14)15/h4,6-7,10-12H,5,8-9H2,1-3H3;3,5-6,9-11,20H,4,7-8,12H2,1-2H3;4-10H,1-3H3;2-7,15H,1H3;3-6H,1-2H3;1-6,14H,(H,15,16);2-5H,1H3,(H2,11,12)(H,14,15)/p-1. The Morgan fingerprint density at radius 2 is 0.738 bits per heavy atom. The number of nitrogens with zero attached hydrogens (tertiary/aromatic N) is 16. The summed E-state index contributed by atoms with van der Waals surface area (Å²) in [5, 5.41) is 59.2. The molecule has 0 saturated carbocycles. The maximum atomic E-state index is 11.6. The monoisotopic (exact) mass is 1770 g/mol. The van der Waals surface area contributed by atoms with Crippen LogP contribution in [-0.2, 0) is 30.3 Å². The Morgan fingerprint density at radius 1 is 0.431 bits per heavy atom. The number of aromatic nitrogens is 12. The summed E-state index contributed by atoms with van der Waals surface area (Å²) < 4.78 is 39.2. The Kier molecular flexibility index (Phi) is 40.9. The molecule has 0 aliphatic rings. The second kappa shape index (κ2) is 52.9. The smallest absolute Gasteiger partial charge is 0.337 e. The lowest BCUT2D eigenvalue weighted by molar-refractivity contribution is -0.248. The largest absolute Gasteiger partial charge is 0.530 e. The Labute approximate surface area is 747 Å². The van der Waals surface area contributed by atoms with Crippen molar-refractivity contribution in [3.63, 3.8) is 0 Å². The Morgan fingerprint density at radius 3 is 1.06 bits per heavy atom. The average Bonchev–Trinajstić information content (AvgIpc) is 1.42. The number of aliphatic imine (C=N–C) groups is 1. The van der Waals surface area contributed by atoms with Crippen LogP contribution in [-0.4, -0.2) is 253 Å². The first kappa shape index (κ1) is 100. The van der Waals surface area contributed by atoms with Gasteiger partial charge in [-0.15, -0.1) is 0 Å². The van der Waals surface area contributed by atoms with Gasteiger partial charge in [0.25, 0.3) is 0 Å². The summed E-state index contributed by atoms with van der Waals surface area (Å²) >= 11 is 0. The molecule has 38 heteroatoms. The molecule has 6 N–H and O–H groups in total. The number of carboxylic acid groups (broad SMARTS) is 2. The van der Waals surface area contributed by atoms with E-state index in [1.54, 1.807) is 153 Å². The van der Waals surface area contributed by atoms with Gasteiger partial charge in [0, 0.05) is 73.1 Å². The van der Waals surface area contributed by atoms with Crippen LogP contribution in [0.15, 0.2) is 241 Å². The fourth-order valence-electron chi connectivity index (χ4n) is 10.6. The number of aromatic carboxylic acids is 1. The number of nitrogens with one attached hydrogen (secondary N) is 2. The minimum Gasteiger partial charge on any atom is -0.530 e. The van der Waals surface area contributed by atoms with Crippen molar-refractivity contribution < 1.29 is 96.8 Å². The first-order chi connectivity index (χ1) is 62.5. The van der Waals surface area contributed by atoms with Crippen molar-refractivity contribution >= 4 is 59.8 Å². The van der Waals surface area contributed by atoms with Crippen LogP contribution in [0.2, 0.25) is 0 Å². The fourth-order valence-corrected chi connectivity index (χ4v) is 10.6. The molecule has 6 heterocycles. The number of amidine groups is 1. The first-order valence-corrected chi connectivity index (χ1v) is 39.1. The van der Waals surface area contributed by atoms with Crippen LogP contribution in [0.25, 0.3) is 68.3 Å². The fraction of sp³-hybridized carbons (Fsp3) is 0.207. The Hall–Kier alpha value is -16.6. The highest BCUT2D eigenvalue weighted by Gasteiger charge is 2.16. The molecule has 0 radical (unpaired) electrons. The van der Waals surface area contributed by atoms with Crippen molar-refractivity contribution in [2.24, 2.45) is 4.99 Å². The van der Waals surface area contributed by atoms with E-state index >= 15 is 0 Å². The van der Waals surface area contributed by atoms with Gasteiger partial charge in [-0.2, -0.15) is 4.98 Å². The maximum Gasteiger partial charge on any atom is 0.337 e. The molecule has 0 aliphatic carbocycles. The van der Waals surface area contributed by atoms with E-state index in [0.717, 1.165) is 53.7 Å². The lowest BCUT2D eigenvalue weighted by atomic mass is 10.1. The quantitative estimate of drug-likeness (QED) is 0.00964. The molecular formula is C92H95N18O20-. The highest BCUT2D eigenvalue weighted by Crippen LogP contribution is 2.25. The molecule has 130 heavy (non-hydrogen) atoms. The molecule has 0 unspecified atom stereocenters. The zero-order valence-electron chi connectivity index (χ0n) is 72.9. The molecule has 0 bridgehead atoms. The molecule has 674 valence electrons. The zero-order chi connectivity index (χ0) is 94.4. The maximum absolute atomic E-state index is 11.6. The molecule has 7 aromatic carbocycles. The van der Waals surface area contributed by atoms with E-state index in [-0.39, 0.29) is 58.5 Å². The Balaban J connectivity index is 0.000000208. The molecule has 0 aliphatic heterocycles. The van der Waals surface area contributed by atoms with Gasteiger partial charge >= 0.3 is 35.8 Å². The molecule has 38 nitrogen and oxygen atoms in total. The van der Waals surface area contributed by atoms with Gasteiger partial charge in [0.05, 0.1) is 157 Å². The van der Waals surface area contributed by atoms with Crippen molar-refractivity contribution in [2.45, 2.75) is 26.4 Å². The van der Waals surface area contributed by atoms with Crippen molar-refractivity contribution in [3.8, 4) is 91.3 Å². The van der Waals surface area contributed by atoms with E-state index in [1.807, 2.05) is 83.6 Å². The van der Waals surface area contributed by atoms with Gasteiger partial charge in [0.1, 0.15) is 17.6 Å². The van der Waals surface area contributed by atoms with E-state index < -0.39 is 24.0 Å². The summed E-state index contributed by atoms with van der Waals surface area (Å²) in [4.78, 5) is 134. The summed E-state index contributed by atoms with van der Waals surface area (Å²) in [6.45, 7) is 4.97. The van der Waals surface area contributed by atoms with Crippen LogP contribution in [0, 0.1) is 12.3 Å². The SMILES string of the molecule is CN(C)CCCOc1cnc(-c2cccc(CO)c2)nc1.COC(=O)c1cccc(-c2ncc(N=CN(C)C)cn2)c1.COC(=O)c1cccc(-c2ncc(O)cn2)c1.COC(=O)c1cccc(-c2ncc(OCCCN(C)C)cn2)c1.COC(=O)c1cccc(-c2noc(C)n2)c1.COC(=O)c1cccc(C(=N)NC(=O)[O-])c1.O=C(O)c1cccc(-c2ncc(O)cn2)c1. The number of benzene rings is 7. The molecule has 1 amide bonds. The van der Waals surface area contributed by atoms with Crippen LogP contribution >= 0.6 is 0 Å². The van der Waals surface area contributed by atoms with Crippen molar-refractivity contribution in [1.82, 2.24) is 80.0 Å². The number of ether oxygens (including phenoxy) is 7. The van der Waals surface area contributed by atoms with E-state index in [1.165, 1.54) is 96.7 Å².